The molecule has 0 saturated carbocycles. The van der Waals surface area contributed by atoms with E-state index in [0.717, 1.165) is 42.6 Å². The van der Waals surface area contributed by atoms with Crippen molar-refractivity contribution in [2.45, 2.75) is 32.1 Å². The van der Waals surface area contributed by atoms with Crippen molar-refractivity contribution in [1.29, 1.82) is 0 Å². The van der Waals surface area contributed by atoms with Crippen molar-refractivity contribution in [1.82, 2.24) is 9.97 Å². The van der Waals surface area contributed by atoms with Crippen LogP contribution in [0.15, 0.2) is 24.4 Å². The van der Waals surface area contributed by atoms with Gasteiger partial charge >= 0.3 is 0 Å². The lowest BCUT2D eigenvalue weighted by molar-refractivity contribution is -0.121. The maximum atomic E-state index is 13.4. The SMILES string of the molecule is O=C(Nc1cnc2c(n1)CCCC2)C1COc2ccc(F)cc2C1. The maximum absolute atomic E-state index is 13.4. The van der Waals surface area contributed by atoms with Gasteiger partial charge in [-0.3, -0.25) is 9.78 Å². The fourth-order valence-electron chi connectivity index (χ4n) is 3.27. The Labute approximate surface area is 139 Å². The lowest BCUT2D eigenvalue weighted by Crippen LogP contribution is -2.33. The van der Waals surface area contributed by atoms with Crippen LogP contribution in [-0.2, 0) is 24.1 Å². The predicted octanol–water partition coefficient (Wildman–Crippen LogP) is 2.68. The molecular weight excluding hydrogens is 309 g/mol. The van der Waals surface area contributed by atoms with Crippen LogP contribution in [0.4, 0.5) is 10.2 Å². The minimum Gasteiger partial charge on any atom is -0.492 e. The van der Waals surface area contributed by atoms with Gasteiger partial charge in [-0.25, -0.2) is 9.37 Å². The van der Waals surface area contributed by atoms with Gasteiger partial charge < -0.3 is 10.1 Å². The van der Waals surface area contributed by atoms with Gasteiger partial charge in [0, 0.05) is 0 Å². The average molecular weight is 327 g/mol. The Hall–Kier alpha value is -2.50. The predicted molar refractivity (Wildman–Crippen MR) is 86.4 cm³/mol. The number of anilines is 1. The highest BCUT2D eigenvalue weighted by atomic mass is 19.1. The molecule has 1 aromatic carbocycles. The van der Waals surface area contributed by atoms with Crippen LogP contribution in [0.2, 0.25) is 0 Å². The quantitative estimate of drug-likeness (QED) is 0.921. The molecule has 6 heteroatoms. The van der Waals surface area contributed by atoms with E-state index in [-0.39, 0.29) is 24.2 Å². The molecule has 2 aromatic rings. The molecule has 0 radical (unpaired) electrons. The molecule has 0 fully saturated rings. The van der Waals surface area contributed by atoms with Gasteiger partial charge in [-0.15, -0.1) is 0 Å². The molecule has 1 aromatic heterocycles. The normalized spacial score (nSPS) is 19.0. The second-order valence-corrected chi connectivity index (χ2v) is 6.31. The number of hydrogen-bond donors (Lipinski definition) is 1. The van der Waals surface area contributed by atoms with Crippen LogP contribution in [0.5, 0.6) is 5.75 Å². The molecule has 0 bridgehead atoms. The van der Waals surface area contributed by atoms with Gasteiger partial charge in [0.25, 0.3) is 0 Å². The Balaban J connectivity index is 1.47. The summed E-state index contributed by atoms with van der Waals surface area (Å²) in [5.74, 6) is 0.269. The Bertz CT molecular complexity index is 794. The number of aryl methyl sites for hydroxylation is 2. The second kappa shape index (κ2) is 6.19. The molecule has 1 amide bonds. The first-order valence-corrected chi connectivity index (χ1v) is 8.26. The highest BCUT2D eigenvalue weighted by Gasteiger charge is 2.27. The zero-order valence-corrected chi connectivity index (χ0v) is 13.2. The second-order valence-electron chi connectivity index (χ2n) is 6.31. The van der Waals surface area contributed by atoms with E-state index in [4.69, 9.17) is 4.74 Å². The van der Waals surface area contributed by atoms with Gasteiger partial charge in [0.2, 0.25) is 5.91 Å². The van der Waals surface area contributed by atoms with E-state index in [1.807, 2.05) is 0 Å². The van der Waals surface area contributed by atoms with Gasteiger partial charge in [-0.2, -0.15) is 0 Å². The van der Waals surface area contributed by atoms with Crippen molar-refractivity contribution in [3.05, 3.63) is 47.2 Å². The van der Waals surface area contributed by atoms with Gasteiger partial charge in [-0.1, -0.05) is 0 Å². The molecule has 24 heavy (non-hydrogen) atoms. The Morgan fingerprint density at radius 3 is 2.96 bits per heavy atom. The number of ether oxygens (including phenoxy) is 1. The number of amides is 1. The molecule has 124 valence electrons. The van der Waals surface area contributed by atoms with Gasteiger partial charge in [0.15, 0.2) is 5.82 Å². The smallest absolute Gasteiger partial charge is 0.232 e. The minimum absolute atomic E-state index is 0.171. The standard InChI is InChI=1S/C18H18FN3O2/c19-13-5-6-16-11(8-13)7-12(10-24-16)18(23)22-17-9-20-14-3-1-2-4-15(14)21-17/h5-6,8-9,12H,1-4,7,10H2,(H,21,22,23). The number of benzene rings is 1. The Kier molecular flexibility index (Phi) is 3.88. The van der Waals surface area contributed by atoms with E-state index in [1.54, 1.807) is 12.3 Å². The zero-order valence-electron chi connectivity index (χ0n) is 13.2. The molecule has 0 saturated heterocycles. The van der Waals surface area contributed by atoms with Crippen molar-refractivity contribution in [3.8, 4) is 5.75 Å². The van der Waals surface area contributed by atoms with E-state index in [9.17, 15) is 9.18 Å². The van der Waals surface area contributed by atoms with E-state index in [1.165, 1.54) is 12.1 Å². The van der Waals surface area contributed by atoms with E-state index >= 15 is 0 Å². The molecule has 5 nitrogen and oxygen atoms in total. The number of aromatic nitrogens is 2. The van der Waals surface area contributed by atoms with Crippen molar-refractivity contribution < 1.29 is 13.9 Å². The van der Waals surface area contributed by atoms with Crippen molar-refractivity contribution >= 4 is 11.7 Å². The van der Waals surface area contributed by atoms with Crippen LogP contribution in [0.25, 0.3) is 0 Å². The molecule has 2 aliphatic rings. The largest absolute Gasteiger partial charge is 0.492 e. The Morgan fingerprint density at radius 2 is 2.08 bits per heavy atom. The van der Waals surface area contributed by atoms with Gasteiger partial charge in [0.1, 0.15) is 18.2 Å². The van der Waals surface area contributed by atoms with Crippen LogP contribution in [0.1, 0.15) is 29.8 Å². The molecule has 1 atom stereocenters. The summed E-state index contributed by atoms with van der Waals surface area (Å²) in [6.45, 7) is 0.281. The molecule has 1 N–H and O–H groups in total. The first-order valence-electron chi connectivity index (χ1n) is 8.26. The highest BCUT2D eigenvalue weighted by molar-refractivity contribution is 5.92. The summed E-state index contributed by atoms with van der Waals surface area (Å²) >= 11 is 0. The van der Waals surface area contributed by atoms with Crippen molar-refractivity contribution in [2.75, 3.05) is 11.9 Å². The molecule has 1 aliphatic carbocycles. The number of nitrogens with zero attached hydrogens (tertiary/aromatic N) is 2. The van der Waals surface area contributed by atoms with Crippen molar-refractivity contribution in [3.63, 3.8) is 0 Å². The number of fused-ring (bicyclic) bond motifs is 2. The van der Waals surface area contributed by atoms with Crippen LogP contribution in [0.3, 0.4) is 0 Å². The fraction of sp³-hybridized carbons (Fsp3) is 0.389. The van der Waals surface area contributed by atoms with E-state index in [0.29, 0.717) is 18.0 Å². The Morgan fingerprint density at radius 1 is 1.25 bits per heavy atom. The molecule has 4 rings (SSSR count). The first-order chi connectivity index (χ1) is 11.7. The van der Waals surface area contributed by atoms with Crippen LogP contribution < -0.4 is 10.1 Å². The number of nitrogens with one attached hydrogen (secondary N) is 1. The summed E-state index contributed by atoms with van der Waals surface area (Å²) in [4.78, 5) is 21.4. The highest BCUT2D eigenvalue weighted by Crippen LogP contribution is 2.28. The number of carbonyl (C=O) groups excluding carboxylic acids is 1. The number of hydrogen-bond acceptors (Lipinski definition) is 4. The maximum Gasteiger partial charge on any atom is 0.232 e. The summed E-state index contributed by atoms with van der Waals surface area (Å²) in [6, 6.07) is 4.39. The summed E-state index contributed by atoms with van der Waals surface area (Å²) in [5, 5.41) is 2.82. The topological polar surface area (TPSA) is 64.1 Å². The lowest BCUT2D eigenvalue weighted by atomic mass is 9.96. The van der Waals surface area contributed by atoms with Crippen LogP contribution in [-0.4, -0.2) is 22.5 Å². The van der Waals surface area contributed by atoms with Gasteiger partial charge in [0.05, 0.1) is 23.5 Å². The molecule has 1 aliphatic heterocycles. The summed E-state index contributed by atoms with van der Waals surface area (Å²) in [7, 11) is 0. The first kappa shape index (κ1) is 15.1. The third kappa shape index (κ3) is 2.96. The zero-order chi connectivity index (χ0) is 16.5. The van der Waals surface area contributed by atoms with E-state index in [2.05, 4.69) is 15.3 Å². The third-order valence-corrected chi connectivity index (χ3v) is 4.56. The summed E-state index contributed by atoms with van der Waals surface area (Å²) < 4.78 is 18.9. The molecule has 1 unspecified atom stereocenters. The molecule has 2 heterocycles. The number of carbonyl (C=O) groups is 1. The van der Waals surface area contributed by atoms with Crippen LogP contribution >= 0.6 is 0 Å². The van der Waals surface area contributed by atoms with Gasteiger partial charge in [-0.05, 0) is 55.9 Å². The fourth-order valence-corrected chi connectivity index (χ4v) is 3.27. The third-order valence-electron chi connectivity index (χ3n) is 4.56. The van der Waals surface area contributed by atoms with Crippen LogP contribution in [0, 0.1) is 11.7 Å². The summed E-state index contributed by atoms with van der Waals surface area (Å²) in [5.41, 5.74) is 2.73. The minimum atomic E-state index is -0.364. The van der Waals surface area contributed by atoms with E-state index < -0.39 is 0 Å². The summed E-state index contributed by atoms with van der Waals surface area (Å²) in [6.07, 6.45) is 6.18. The number of halogens is 1. The average Bonchev–Trinajstić information content (AvgIpc) is 2.61. The lowest BCUT2D eigenvalue weighted by Gasteiger charge is -2.24. The molecular formula is C18H18FN3O2. The monoisotopic (exact) mass is 327 g/mol. The number of rotatable bonds is 2. The van der Waals surface area contributed by atoms with Crippen molar-refractivity contribution in [2.24, 2.45) is 5.92 Å². The molecule has 0 spiro atoms.